The van der Waals surface area contributed by atoms with Crippen molar-refractivity contribution in [3.63, 3.8) is 0 Å². The molecular formula is C12H14N2O. The minimum atomic E-state index is 0.232. The van der Waals surface area contributed by atoms with Crippen LogP contribution in [0.3, 0.4) is 0 Å². The normalized spacial score (nSPS) is 10.8. The van der Waals surface area contributed by atoms with Crippen molar-refractivity contribution >= 4 is 16.8 Å². The van der Waals surface area contributed by atoms with Gasteiger partial charge in [-0.3, -0.25) is 0 Å². The fourth-order valence-corrected chi connectivity index (χ4v) is 1.80. The number of rotatable bonds is 3. The largest absolute Gasteiger partial charge is 0.335 e. The van der Waals surface area contributed by atoms with Crippen molar-refractivity contribution in [3.8, 4) is 0 Å². The number of carbonyl (C=O) groups is 1. The van der Waals surface area contributed by atoms with Crippen molar-refractivity contribution in [2.75, 3.05) is 0 Å². The van der Waals surface area contributed by atoms with Gasteiger partial charge in [-0.15, -0.1) is 0 Å². The molecule has 3 nitrogen and oxygen atoms in total. The molecule has 15 heavy (non-hydrogen) atoms. The van der Waals surface area contributed by atoms with Crippen LogP contribution in [0.4, 0.5) is 0 Å². The van der Waals surface area contributed by atoms with Gasteiger partial charge in [0.1, 0.15) is 11.4 Å². The van der Waals surface area contributed by atoms with Gasteiger partial charge in [0.25, 0.3) is 0 Å². The predicted molar refractivity (Wildman–Crippen MR) is 59.7 cm³/mol. The molecule has 0 saturated heterocycles. The number of ketones is 1. The van der Waals surface area contributed by atoms with Crippen LogP contribution < -0.4 is 0 Å². The summed E-state index contributed by atoms with van der Waals surface area (Å²) < 4.78 is 2.00. The Morgan fingerprint density at radius 2 is 2.33 bits per heavy atom. The lowest BCUT2D eigenvalue weighted by molar-refractivity contribution is -0.116. The van der Waals surface area contributed by atoms with Crippen molar-refractivity contribution in [2.45, 2.75) is 19.8 Å². The van der Waals surface area contributed by atoms with E-state index in [0.717, 1.165) is 17.5 Å². The molecule has 2 aromatic heterocycles. The van der Waals surface area contributed by atoms with Crippen molar-refractivity contribution in [1.29, 1.82) is 0 Å². The quantitative estimate of drug-likeness (QED) is 0.764. The number of pyridine rings is 1. The molecule has 0 spiro atoms. The zero-order valence-corrected chi connectivity index (χ0v) is 9.03. The van der Waals surface area contributed by atoms with E-state index in [-0.39, 0.29) is 5.78 Å². The number of fused-ring (bicyclic) bond motifs is 1. The second kappa shape index (κ2) is 3.85. The van der Waals surface area contributed by atoms with Crippen molar-refractivity contribution in [2.24, 2.45) is 7.05 Å². The van der Waals surface area contributed by atoms with Crippen LogP contribution in [0.2, 0.25) is 0 Å². The third kappa shape index (κ3) is 1.91. The molecule has 0 amide bonds. The second-order valence-corrected chi connectivity index (χ2v) is 3.84. The Hall–Kier alpha value is -1.64. The van der Waals surface area contributed by atoms with E-state index in [1.807, 2.05) is 17.7 Å². The molecule has 2 aromatic rings. The first-order chi connectivity index (χ1) is 7.18. The molecule has 0 bridgehead atoms. The van der Waals surface area contributed by atoms with E-state index >= 15 is 0 Å². The fraction of sp³-hybridized carbons (Fsp3) is 0.333. The van der Waals surface area contributed by atoms with Crippen LogP contribution in [-0.2, 0) is 18.3 Å². The Bertz CT molecular complexity index is 499. The molecule has 0 aliphatic rings. The first-order valence-corrected chi connectivity index (χ1v) is 5.07. The maximum atomic E-state index is 10.9. The van der Waals surface area contributed by atoms with E-state index < -0.39 is 0 Å². The van der Waals surface area contributed by atoms with Crippen LogP contribution in [0, 0.1) is 0 Å². The van der Waals surface area contributed by atoms with Crippen LogP contribution in [0.5, 0.6) is 0 Å². The van der Waals surface area contributed by atoms with Crippen molar-refractivity contribution < 1.29 is 4.79 Å². The van der Waals surface area contributed by atoms with Gasteiger partial charge < -0.3 is 9.36 Å². The summed E-state index contributed by atoms with van der Waals surface area (Å²) >= 11 is 0. The average molecular weight is 202 g/mol. The van der Waals surface area contributed by atoms with Gasteiger partial charge in [0.15, 0.2) is 0 Å². The number of aromatic nitrogens is 2. The SMILES string of the molecule is CC(=O)CCc1cn(C)c2ncccc12. The highest BCUT2D eigenvalue weighted by molar-refractivity contribution is 5.81. The molecule has 2 rings (SSSR count). The monoisotopic (exact) mass is 202 g/mol. The van der Waals surface area contributed by atoms with Crippen LogP contribution in [0.1, 0.15) is 18.9 Å². The minimum absolute atomic E-state index is 0.232. The van der Waals surface area contributed by atoms with Gasteiger partial charge in [-0.1, -0.05) is 0 Å². The Balaban J connectivity index is 2.39. The summed E-state index contributed by atoms with van der Waals surface area (Å²) in [5.41, 5.74) is 2.19. The number of nitrogens with zero attached hydrogens (tertiary/aromatic N) is 2. The third-order valence-corrected chi connectivity index (χ3v) is 2.56. The molecule has 0 radical (unpaired) electrons. The van der Waals surface area contributed by atoms with E-state index in [1.54, 1.807) is 13.1 Å². The molecule has 0 atom stereocenters. The van der Waals surface area contributed by atoms with Crippen LogP contribution >= 0.6 is 0 Å². The summed E-state index contributed by atoms with van der Waals surface area (Å²) in [7, 11) is 1.98. The minimum Gasteiger partial charge on any atom is -0.335 e. The smallest absolute Gasteiger partial charge is 0.139 e. The standard InChI is InChI=1S/C12H14N2O/c1-9(15)5-6-10-8-14(2)12-11(10)4-3-7-13-12/h3-4,7-8H,5-6H2,1-2H3. The molecule has 0 aromatic carbocycles. The van der Waals surface area contributed by atoms with Crippen LogP contribution in [-0.4, -0.2) is 15.3 Å². The highest BCUT2D eigenvalue weighted by Crippen LogP contribution is 2.19. The first kappa shape index (κ1) is 9.90. The molecule has 0 fully saturated rings. The topological polar surface area (TPSA) is 34.9 Å². The van der Waals surface area contributed by atoms with E-state index in [1.165, 1.54) is 5.56 Å². The highest BCUT2D eigenvalue weighted by atomic mass is 16.1. The van der Waals surface area contributed by atoms with Gasteiger partial charge in [-0.05, 0) is 31.0 Å². The Kier molecular flexibility index (Phi) is 2.54. The van der Waals surface area contributed by atoms with Crippen LogP contribution in [0.15, 0.2) is 24.5 Å². The molecule has 3 heteroatoms. The maximum Gasteiger partial charge on any atom is 0.139 e. The summed E-state index contributed by atoms with van der Waals surface area (Å²) in [4.78, 5) is 15.2. The van der Waals surface area contributed by atoms with E-state index in [0.29, 0.717) is 6.42 Å². The van der Waals surface area contributed by atoms with Gasteiger partial charge in [0.2, 0.25) is 0 Å². The van der Waals surface area contributed by atoms with Crippen molar-refractivity contribution in [1.82, 2.24) is 9.55 Å². The van der Waals surface area contributed by atoms with E-state index in [9.17, 15) is 4.79 Å². The lowest BCUT2D eigenvalue weighted by Crippen LogP contribution is -1.93. The van der Waals surface area contributed by atoms with Gasteiger partial charge >= 0.3 is 0 Å². The highest BCUT2D eigenvalue weighted by Gasteiger charge is 2.07. The number of hydrogen-bond donors (Lipinski definition) is 0. The van der Waals surface area contributed by atoms with E-state index in [2.05, 4.69) is 17.2 Å². The number of hydrogen-bond acceptors (Lipinski definition) is 2. The van der Waals surface area contributed by atoms with Crippen molar-refractivity contribution in [3.05, 3.63) is 30.1 Å². The molecule has 0 saturated carbocycles. The van der Waals surface area contributed by atoms with Gasteiger partial charge in [-0.2, -0.15) is 0 Å². The molecule has 0 aliphatic carbocycles. The summed E-state index contributed by atoms with van der Waals surface area (Å²) in [5.74, 6) is 0.232. The Labute approximate surface area is 88.7 Å². The lowest BCUT2D eigenvalue weighted by atomic mass is 10.1. The molecular weight excluding hydrogens is 188 g/mol. The number of carbonyl (C=O) groups excluding carboxylic acids is 1. The van der Waals surface area contributed by atoms with E-state index in [4.69, 9.17) is 0 Å². The van der Waals surface area contributed by atoms with Crippen LogP contribution in [0.25, 0.3) is 11.0 Å². The molecule has 2 heterocycles. The zero-order chi connectivity index (χ0) is 10.8. The second-order valence-electron chi connectivity index (χ2n) is 3.84. The Morgan fingerprint density at radius 1 is 1.53 bits per heavy atom. The molecule has 0 aliphatic heterocycles. The summed E-state index contributed by atoms with van der Waals surface area (Å²) in [6, 6.07) is 3.98. The fourth-order valence-electron chi connectivity index (χ4n) is 1.80. The Morgan fingerprint density at radius 3 is 3.07 bits per heavy atom. The predicted octanol–water partition coefficient (Wildman–Crippen LogP) is 2.09. The van der Waals surface area contributed by atoms with Gasteiger partial charge in [0, 0.05) is 31.2 Å². The lowest BCUT2D eigenvalue weighted by Gasteiger charge is -1.95. The van der Waals surface area contributed by atoms with Gasteiger partial charge in [0.05, 0.1) is 0 Å². The molecule has 78 valence electrons. The first-order valence-electron chi connectivity index (χ1n) is 5.07. The average Bonchev–Trinajstić information content (AvgIpc) is 2.54. The summed E-state index contributed by atoms with van der Waals surface area (Å²) in [5, 5.41) is 1.15. The maximum absolute atomic E-state index is 10.9. The number of Topliss-reactive ketones (excluding diaryl/α,β-unsaturated/α-hetero) is 1. The molecule has 0 unspecified atom stereocenters. The third-order valence-electron chi connectivity index (χ3n) is 2.56. The summed E-state index contributed by atoms with van der Waals surface area (Å²) in [6.07, 6.45) is 5.25. The van der Waals surface area contributed by atoms with Gasteiger partial charge in [-0.25, -0.2) is 4.98 Å². The molecule has 0 N–H and O–H groups in total. The summed E-state index contributed by atoms with van der Waals surface area (Å²) in [6.45, 7) is 1.63. The number of aryl methyl sites for hydroxylation is 2. The zero-order valence-electron chi connectivity index (χ0n) is 9.03.